The number of carbonyl (C=O) groups excluding carboxylic acids is 1. The van der Waals surface area contributed by atoms with Crippen molar-refractivity contribution in [3.8, 4) is 0 Å². The highest BCUT2D eigenvalue weighted by Gasteiger charge is 2.35. The second-order valence-corrected chi connectivity index (χ2v) is 4.46. The molecule has 2 atom stereocenters. The van der Waals surface area contributed by atoms with E-state index in [2.05, 4.69) is 0 Å². The summed E-state index contributed by atoms with van der Waals surface area (Å²) in [5.74, 6) is 1.31. The van der Waals surface area contributed by atoms with E-state index in [0.717, 1.165) is 12.3 Å². The van der Waals surface area contributed by atoms with Crippen molar-refractivity contribution in [2.24, 2.45) is 11.8 Å². The largest absolute Gasteiger partial charge is 0.460 e. The van der Waals surface area contributed by atoms with Crippen molar-refractivity contribution in [2.75, 3.05) is 20.3 Å². The van der Waals surface area contributed by atoms with Gasteiger partial charge in [-0.2, -0.15) is 0 Å². The molecule has 0 saturated heterocycles. The number of esters is 1. The number of hydrogen-bond acceptors (Lipinski definition) is 3. The zero-order valence-electron chi connectivity index (χ0n) is 9.20. The van der Waals surface area contributed by atoms with Crippen molar-refractivity contribution in [1.29, 1.82) is 0 Å². The first kappa shape index (κ1) is 10.7. The number of ether oxygens (including phenoxy) is 2. The molecule has 2 aliphatic rings. The van der Waals surface area contributed by atoms with Crippen LogP contribution in [0.5, 0.6) is 0 Å². The van der Waals surface area contributed by atoms with Crippen LogP contribution in [0.1, 0.15) is 25.7 Å². The number of methoxy groups -OCH3 is 1. The Bertz CT molecular complexity index is 270. The molecule has 3 heteroatoms. The van der Waals surface area contributed by atoms with Gasteiger partial charge in [0.1, 0.15) is 6.61 Å². The first-order valence-corrected chi connectivity index (χ1v) is 5.65. The molecule has 84 valence electrons. The number of hydrogen-bond donors (Lipinski definition) is 0. The minimum Gasteiger partial charge on any atom is -0.460 e. The van der Waals surface area contributed by atoms with E-state index >= 15 is 0 Å². The van der Waals surface area contributed by atoms with E-state index in [4.69, 9.17) is 9.47 Å². The molecule has 0 aromatic heterocycles. The molecule has 2 saturated carbocycles. The lowest BCUT2D eigenvalue weighted by Gasteiger charge is -2.12. The third kappa shape index (κ3) is 2.59. The van der Waals surface area contributed by atoms with E-state index in [1.165, 1.54) is 24.8 Å². The molecule has 0 amide bonds. The average molecular weight is 210 g/mol. The maximum atomic E-state index is 11.4. The van der Waals surface area contributed by atoms with Crippen LogP contribution in [0.15, 0.2) is 11.6 Å². The van der Waals surface area contributed by atoms with Crippen LogP contribution in [0.4, 0.5) is 0 Å². The Kier molecular flexibility index (Phi) is 3.41. The molecule has 0 radical (unpaired) electrons. The maximum absolute atomic E-state index is 11.4. The van der Waals surface area contributed by atoms with Gasteiger partial charge in [-0.05, 0) is 37.5 Å². The maximum Gasteiger partial charge on any atom is 0.330 e. The number of fused-ring (bicyclic) bond motifs is 2. The second-order valence-electron chi connectivity index (χ2n) is 4.46. The van der Waals surface area contributed by atoms with Crippen molar-refractivity contribution >= 4 is 5.97 Å². The van der Waals surface area contributed by atoms with Crippen LogP contribution in [0.2, 0.25) is 0 Å². The van der Waals surface area contributed by atoms with Crippen LogP contribution in [0.3, 0.4) is 0 Å². The van der Waals surface area contributed by atoms with E-state index in [9.17, 15) is 4.79 Å². The number of carbonyl (C=O) groups is 1. The summed E-state index contributed by atoms with van der Waals surface area (Å²) in [6.45, 7) is 0.828. The fraction of sp³-hybridized carbons (Fsp3) is 0.750. The first-order chi connectivity index (χ1) is 7.29. The van der Waals surface area contributed by atoms with Gasteiger partial charge in [0.05, 0.1) is 6.61 Å². The summed E-state index contributed by atoms with van der Waals surface area (Å²) in [5, 5.41) is 0. The average Bonchev–Trinajstić information content (AvgIpc) is 2.79. The van der Waals surface area contributed by atoms with Gasteiger partial charge in [0.25, 0.3) is 0 Å². The van der Waals surface area contributed by atoms with E-state index in [0.29, 0.717) is 19.1 Å². The second kappa shape index (κ2) is 4.79. The Labute approximate surface area is 90.4 Å². The summed E-state index contributed by atoms with van der Waals surface area (Å²) in [5.41, 5.74) is 1.31. The van der Waals surface area contributed by atoms with Gasteiger partial charge in [0, 0.05) is 13.2 Å². The van der Waals surface area contributed by atoms with Gasteiger partial charge in [0.2, 0.25) is 0 Å². The molecule has 2 bridgehead atoms. The first-order valence-electron chi connectivity index (χ1n) is 5.65. The van der Waals surface area contributed by atoms with Crippen molar-refractivity contribution in [3.05, 3.63) is 11.6 Å². The number of allylic oxidation sites excluding steroid dienone is 1. The predicted octanol–water partition coefficient (Wildman–Crippen LogP) is 1.92. The summed E-state index contributed by atoms with van der Waals surface area (Å²) in [4.78, 5) is 11.4. The highest BCUT2D eigenvalue weighted by atomic mass is 16.6. The highest BCUT2D eigenvalue weighted by molar-refractivity contribution is 5.83. The molecule has 0 aromatic rings. The highest BCUT2D eigenvalue weighted by Crippen LogP contribution is 2.47. The Morgan fingerprint density at radius 3 is 2.93 bits per heavy atom. The van der Waals surface area contributed by atoms with E-state index in [1.807, 2.05) is 0 Å². The van der Waals surface area contributed by atoms with Crippen LogP contribution in [0.25, 0.3) is 0 Å². The van der Waals surface area contributed by atoms with Gasteiger partial charge in [-0.3, -0.25) is 0 Å². The summed E-state index contributed by atoms with van der Waals surface area (Å²) < 4.78 is 9.83. The molecule has 0 heterocycles. The molecule has 0 N–H and O–H groups in total. The molecule has 2 fully saturated rings. The lowest BCUT2D eigenvalue weighted by Crippen LogP contribution is -2.09. The molecule has 2 rings (SSSR count). The summed E-state index contributed by atoms with van der Waals surface area (Å²) in [6.07, 6.45) is 6.73. The Hall–Kier alpha value is -0.830. The molecule has 0 spiro atoms. The van der Waals surface area contributed by atoms with Crippen LogP contribution >= 0.6 is 0 Å². The van der Waals surface area contributed by atoms with Crippen molar-refractivity contribution < 1.29 is 14.3 Å². The molecule has 0 aliphatic heterocycles. The summed E-state index contributed by atoms with van der Waals surface area (Å²) in [7, 11) is 1.60. The fourth-order valence-corrected chi connectivity index (χ4v) is 2.69. The molecule has 3 nitrogen and oxygen atoms in total. The van der Waals surface area contributed by atoms with Crippen LogP contribution in [-0.2, 0) is 14.3 Å². The third-order valence-electron chi connectivity index (χ3n) is 3.43. The quantitative estimate of drug-likeness (QED) is 0.404. The van der Waals surface area contributed by atoms with Crippen LogP contribution < -0.4 is 0 Å². The van der Waals surface area contributed by atoms with Crippen molar-refractivity contribution in [2.45, 2.75) is 25.7 Å². The van der Waals surface area contributed by atoms with Gasteiger partial charge < -0.3 is 9.47 Å². The van der Waals surface area contributed by atoms with Crippen LogP contribution in [-0.4, -0.2) is 26.3 Å². The smallest absolute Gasteiger partial charge is 0.330 e. The molecule has 15 heavy (non-hydrogen) atoms. The van der Waals surface area contributed by atoms with Crippen molar-refractivity contribution in [1.82, 2.24) is 0 Å². The zero-order chi connectivity index (χ0) is 10.7. The Morgan fingerprint density at radius 2 is 2.33 bits per heavy atom. The SMILES string of the molecule is COCCOC(=O)C=C1CC2CCC1C2. The predicted molar refractivity (Wildman–Crippen MR) is 56.4 cm³/mol. The molecular weight excluding hydrogens is 192 g/mol. The Morgan fingerprint density at radius 1 is 1.47 bits per heavy atom. The number of rotatable bonds is 4. The van der Waals surface area contributed by atoms with Gasteiger partial charge in [-0.1, -0.05) is 5.57 Å². The van der Waals surface area contributed by atoms with Gasteiger partial charge in [-0.25, -0.2) is 4.79 Å². The van der Waals surface area contributed by atoms with E-state index in [1.54, 1.807) is 13.2 Å². The lowest BCUT2D eigenvalue weighted by molar-refractivity contribution is -0.139. The molecule has 2 unspecified atom stereocenters. The standard InChI is InChI=1S/C12H18O3/c1-14-4-5-15-12(13)8-11-7-9-2-3-10(11)6-9/h8-10H,2-7H2,1H3. The summed E-state index contributed by atoms with van der Waals surface area (Å²) >= 11 is 0. The van der Waals surface area contributed by atoms with E-state index < -0.39 is 0 Å². The molecule has 0 aromatic carbocycles. The van der Waals surface area contributed by atoms with Gasteiger partial charge >= 0.3 is 5.97 Å². The minimum atomic E-state index is -0.199. The normalized spacial score (nSPS) is 31.1. The summed E-state index contributed by atoms with van der Waals surface area (Å²) in [6, 6.07) is 0. The molecular formula is C12H18O3. The van der Waals surface area contributed by atoms with Gasteiger partial charge in [0.15, 0.2) is 0 Å². The monoisotopic (exact) mass is 210 g/mol. The molecule has 2 aliphatic carbocycles. The minimum absolute atomic E-state index is 0.199. The topological polar surface area (TPSA) is 35.5 Å². The van der Waals surface area contributed by atoms with Crippen molar-refractivity contribution in [3.63, 3.8) is 0 Å². The van der Waals surface area contributed by atoms with Crippen LogP contribution in [0, 0.1) is 11.8 Å². The van der Waals surface area contributed by atoms with Gasteiger partial charge in [-0.15, -0.1) is 0 Å². The zero-order valence-corrected chi connectivity index (χ0v) is 9.20. The lowest BCUT2D eigenvalue weighted by atomic mass is 9.94. The third-order valence-corrected chi connectivity index (χ3v) is 3.43. The Balaban J connectivity index is 1.80. The van der Waals surface area contributed by atoms with E-state index in [-0.39, 0.29) is 5.97 Å². The fourth-order valence-electron chi connectivity index (χ4n) is 2.69.